The van der Waals surface area contributed by atoms with E-state index in [-0.39, 0.29) is 29.3 Å². The molecule has 0 aliphatic heterocycles. The Hall–Kier alpha value is -3.10. The lowest BCUT2D eigenvalue weighted by Gasteiger charge is -2.10. The lowest BCUT2D eigenvalue weighted by Crippen LogP contribution is -2.37. The molecule has 0 aliphatic carbocycles. The Labute approximate surface area is 138 Å². The molecule has 24 heavy (non-hydrogen) atoms. The van der Waals surface area contributed by atoms with E-state index in [9.17, 15) is 19.2 Å². The number of ether oxygens (including phenoxy) is 3. The van der Waals surface area contributed by atoms with Crippen molar-refractivity contribution >= 4 is 23.8 Å². The molecule has 0 heterocycles. The van der Waals surface area contributed by atoms with Crippen molar-refractivity contribution in [1.82, 2.24) is 10.6 Å². The number of hydrogen-bond donors (Lipinski definition) is 2. The summed E-state index contributed by atoms with van der Waals surface area (Å²) in [5, 5.41) is 4.69. The van der Waals surface area contributed by atoms with Crippen LogP contribution in [-0.2, 0) is 19.1 Å². The molecular formula is C15H18N2O7. The van der Waals surface area contributed by atoms with Crippen molar-refractivity contribution in [2.75, 3.05) is 34.4 Å². The molecule has 9 heteroatoms. The van der Waals surface area contributed by atoms with Gasteiger partial charge in [-0.1, -0.05) is 0 Å². The summed E-state index contributed by atoms with van der Waals surface area (Å²) < 4.78 is 14.4. The molecule has 2 N–H and O–H groups in total. The van der Waals surface area contributed by atoms with Crippen molar-refractivity contribution in [3.8, 4) is 5.75 Å². The second-order valence-electron chi connectivity index (χ2n) is 4.47. The van der Waals surface area contributed by atoms with Gasteiger partial charge in [0.1, 0.15) is 5.75 Å². The van der Waals surface area contributed by atoms with Crippen LogP contribution in [0.25, 0.3) is 0 Å². The summed E-state index contributed by atoms with van der Waals surface area (Å²) in [6.45, 7) is -0.587. The average molecular weight is 338 g/mol. The number of benzene rings is 1. The molecule has 1 rings (SSSR count). The fourth-order valence-electron chi connectivity index (χ4n) is 1.62. The number of rotatable bonds is 7. The van der Waals surface area contributed by atoms with E-state index in [1.54, 1.807) is 0 Å². The highest BCUT2D eigenvalue weighted by atomic mass is 16.5. The summed E-state index contributed by atoms with van der Waals surface area (Å²) in [4.78, 5) is 45.9. The summed E-state index contributed by atoms with van der Waals surface area (Å²) in [5.41, 5.74) is 0.141. The summed E-state index contributed by atoms with van der Waals surface area (Å²) in [6.07, 6.45) is 0. The van der Waals surface area contributed by atoms with Gasteiger partial charge in [0.2, 0.25) is 5.91 Å². The molecule has 2 amide bonds. The third-order valence-electron chi connectivity index (χ3n) is 2.84. The van der Waals surface area contributed by atoms with Gasteiger partial charge < -0.3 is 24.8 Å². The molecule has 1 aromatic rings. The maximum Gasteiger partial charge on any atom is 0.338 e. The van der Waals surface area contributed by atoms with Crippen LogP contribution in [0.2, 0.25) is 0 Å². The first-order valence-corrected chi connectivity index (χ1v) is 6.83. The van der Waals surface area contributed by atoms with Gasteiger partial charge in [-0.25, -0.2) is 9.59 Å². The van der Waals surface area contributed by atoms with E-state index in [1.165, 1.54) is 39.5 Å². The zero-order valence-electron chi connectivity index (χ0n) is 13.5. The number of likely N-dealkylation sites (N-methyl/N-ethyl adjacent to an activating group) is 1. The average Bonchev–Trinajstić information content (AvgIpc) is 2.62. The van der Waals surface area contributed by atoms with Gasteiger partial charge in [0.15, 0.2) is 6.61 Å². The van der Waals surface area contributed by atoms with Crippen LogP contribution in [0.3, 0.4) is 0 Å². The van der Waals surface area contributed by atoms with Gasteiger partial charge in [-0.3, -0.25) is 9.59 Å². The van der Waals surface area contributed by atoms with Crippen molar-refractivity contribution in [1.29, 1.82) is 0 Å². The SMILES string of the molecule is CNC(=O)CNC(=O)COc1cc(C(=O)OC)cc(C(=O)OC)c1. The lowest BCUT2D eigenvalue weighted by molar-refractivity contribution is -0.127. The predicted molar refractivity (Wildman–Crippen MR) is 81.7 cm³/mol. The summed E-state index contributed by atoms with van der Waals surface area (Å²) in [7, 11) is 3.83. The second kappa shape index (κ2) is 9.13. The predicted octanol–water partition coefficient (Wildman–Crippen LogP) is -0.499. The Morgan fingerprint density at radius 1 is 0.917 bits per heavy atom. The molecule has 0 fully saturated rings. The molecule has 0 radical (unpaired) electrons. The fourth-order valence-corrected chi connectivity index (χ4v) is 1.62. The Morgan fingerprint density at radius 2 is 1.46 bits per heavy atom. The van der Waals surface area contributed by atoms with E-state index in [0.717, 1.165) is 0 Å². The van der Waals surface area contributed by atoms with Gasteiger partial charge in [0.05, 0.1) is 31.9 Å². The molecule has 0 saturated carbocycles. The van der Waals surface area contributed by atoms with E-state index >= 15 is 0 Å². The Morgan fingerprint density at radius 3 is 1.92 bits per heavy atom. The largest absolute Gasteiger partial charge is 0.484 e. The highest BCUT2D eigenvalue weighted by Gasteiger charge is 2.15. The van der Waals surface area contributed by atoms with Crippen LogP contribution in [-0.4, -0.2) is 58.2 Å². The molecule has 130 valence electrons. The molecular weight excluding hydrogens is 320 g/mol. The molecule has 0 unspecified atom stereocenters. The second-order valence-corrected chi connectivity index (χ2v) is 4.47. The number of carbonyl (C=O) groups excluding carboxylic acids is 4. The highest BCUT2D eigenvalue weighted by molar-refractivity contribution is 5.96. The van der Waals surface area contributed by atoms with Gasteiger partial charge in [-0.15, -0.1) is 0 Å². The Balaban J connectivity index is 2.82. The molecule has 1 aromatic carbocycles. The zero-order valence-corrected chi connectivity index (χ0v) is 13.5. The number of hydrogen-bond acceptors (Lipinski definition) is 7. The van der Waals surface area contributed by atoms with Crippen LogP contribution >= 0.6 is 0 Å². The number of amides is 2. The molecule has 0 aliphatic rings. The van der Waals surface area contributed by atoms with Gasteiger partial charge in [-0.05, 0) is 18.2 Å². The minimum atomic E-state index is -0.672. The maximum atomic E-state index is 11.6. The molecule has 9 nitrogen and oxygen atoms in total. The van der Waals surface area contributed by atoms with Gasteiger partial charge in [-0.2, -0.15) is 0 Å². The summed E-state index contributed by atoms with van der Waals surface area (Å²) in [5.74, 6) is -2.14. The van der Waals surface area contributed by atoms with E-state index in [0.29, 0.717) is 0 Å². The van der Waals surface area contributed by atoms with Gasteiger partial charge in [0.25, 0.3) is 5.91 Å². The first-order valence-electron chi connectivity index (χ1n) is 6.83. The highest BCUT2D eigenvalue weighted by Crippen LogP contribution is 2.19. The van der Waals surface area contributed by atoms with Gasteiger partial charge >= 0.3 is 11.9 Å². The number of esters is 2. The van der Waals surface area contributed by atoms with Crippen LogP contribution in [0.15, 0.2) is 18.2 Å². The number of methoxy groups -OCH3 is 2. The van der Waals surface area contributed by atoms with E-state index < -0.39 is 24.5 Å². The minimum Gasteiger partial charge on any atom is -0.484 e. The quantitative estimate of drug-likeness (QED) is 0.643. The fraction of sp³-hybridized carbons (Fsp3) is 0.333. The van der Waals surface area contributed by atoms with E-state index in [4.69, 9.17) is 4.74 Å². The first kappa shape index (κ1) is 18.9. The standard InChI is InChI=1S/C15H18N2O7/c1-16-12(18)7-17-13(19)8-24-11-5-9(14(20)22-2)4-10(6-11)15(21)23-3/h4-6H,7-8H2,1-3H3,(H,16,18)(H,17,19). The third-order valence-corrected chi connectivity index (χ3v) is 2.84. The van der Waals surface area contributed by atoms with Crippen LogP contribution in [0, 0.1) is 0 Å². The number of nitrogens with one attached hydrogen (secondary N) is 2. The Bertz CT molecular complexity index is 608. The molecule has 0 bridgehead atoms. The third kappa shape index (κ3) is 5.59. The number of carbonyl (C=O) groups is 4. The van der Waals surface area contributed by atoms with Crippen molar-refractivity contribution in [3.63, 3.8) is 0 Å². The monoisotopic (exact) mass is 338 g/mol. The Kier molecular flexibility index (Phi) is 7.21. The van der Waals surface area contributed by atoms with Crippen LogP contribution in [0.5, 0.6) is 5.75 Å². The summed E-state index contributed by atoms with van der Waals surface area (Å²) in [6, 6.07) is 3.94. The van der Waals surface area contributed by atoms with Gasteiger partial charge in [0, 0.05) is 7.05 Å². The lowest BCUT2D eigenvalue weighted by atomic mass is 10.1. The topological polar surface area (TPSA) is 120 Å². The van der Waals surface area contributed by atoms with Crippen LogP contribution in [0.1, 0.15) is 20.7 Å². The van der Waals surface area contributed by atoms with Crippen molar-refractivity contribution in [2.24, 2.45) is 0 Å². The van der Waals surface area contributed by atoms with Crippen molar-refractivity contribution in [3.05, 3.63) is 29.3 Å². The first-order chi connectivity index (χ1) is 11.4. The van der Waals surface area contributed by atoms with Crippen molar-refractivity contribution < 1.29 is 33.4 Å². The zero-order chi connectivity index (χ0) is 18.1. The molecule has 0 saturated heterocycles. The normalized spacial score (nSPS) is 9.62. The van der Waals surface area contributed by atoms with E-state index in [1.807, 2.05) is 0 Å². The van der Waals surface area contributed by atoms with Crippen LogP contribution < -0.4 is 15.4 Å². The van der Waals surface area contributed by atoms with Crippen LogP contribution in [0.4, 0.5) is 0 Å². The summed E-state index contributed by atoms with van der Waals surface area (Å²) >= 11 is 0. The molecule has 0 atom stereocenters. The smallest absolute Gasteiger partial charge is 0.338 e. The molecule has 0 aromatic heterocycles. The minimum absolute atomic E-state index is 0.0705. The maximum absolute atomic E-state index is 11.6. The van der Waals surface area contributed by atoms with E-state index in [2.05, 4.69) is 20.1 Å². The van der Waals surface area contributed by atoms with Crippen molar-refractivity contribution in [2.45, 2.75) is 0 Å². The molecule has 0 spiro atoms.